The second kappa shape index (κ2) is 11.0. The van der Waals surface area contributed by atoms with Crippen molar-refractivity contribution in [3.05, 3.63) is 87.9 Å². The highest BCUT2D eigenvalue weighted by Crippen LogP contribution is 2.34. The molecular weight excluding hydrogens is 461 g/mol. The lowest BCUT2D eigenvalue weighted by atomic mass is 9.86. The number of rotatable bonds is 7. The smallest absolute Gasteiger partial charge is 0.335 e. The molecular formula is C26H27Cl2NO4. The topological polar surface area (TPSA) is 78.8 Å². The van der Waals surface area contributed by atoms with E-state index in [2.05, 4.69) is 23.5 Å². The normalized spacial score (nSPS) is 15.8. The van der Waals surface area contributed by atoms with Gasteiger partial charge >= 0.3 is 5.97 Å². The number of aliphatic hydroxyl groups is 1. The Morgan fingerprint density at radius 2 is 1.97 bits per heavy atom. The van der Waals surface area contributed by atoms with E-state index in [0.29, 0.717) is 17.3 Å². The zero-order chi connectivity index (χ0) is 22.7. The van der Waals surface area contributed by atoms with Crippen molar-refractivity contribution in [2.24, 2.45) is 0 Å². The van der Waals surface area contributed by atoms with Gasteiger partial charge in [-0.15, -0.1) is 12.4 Å². The molecule has 0 amide bonds. The third-order valence-electron chi connectivity index (χ3n) is 6.03. The Labute approximate surface area is 204 Å². The molecule has 3 aromatic rings. The second-order valence-corrected chi connectivity index (χ2v) is 8.56. The number of aryl methyl sites for hydroxylation is 1. The minimum absolute atomic E-state index is 0. The van der Waals surface area contributed by atoms with Crippen LogP contribution >= 0.6 is 24.0 Å². The number of aromatic carboxylic acids is 1. The van der Waals surface area contributed by atoms with Crippen LogP contribution in [-0.4, -0.2) is 35.9 Å². The summed E-state index contributed by atoms with van der Waals surface area (Å²) in [5.74, 6) is -0.436. The van der Waals surface area contributed by atoms with E-state index in [-0.39, 0.29) is 24.0 Å². The first-order valence-electron chi connectivity index (χ1n) is 10.6. The average Bonchev–Trinajstić information content (AvgIpc) is 2.81. The Balaban J connectivity index is 0.00000306. The van der Waals surface area contributed by atoms with Crippen LogP contribution in [0.5, 0.6) is 5.75 Å². The predicted octanol–water partition coefficient (Wildman–Crippen LogP) is 5.32. The molecule has 0 saturated heterocycles. The molecule has 3 N–H and O–H groups in total. The average molecular weight is 488 g/mol. The largest absolute Gasteiger partial charge is 0.496 e. The number of ether oxygens (including phenoxy) is 1. The number of carboxylic acids is 1. The third kappa shape index (κ3) is 5.87. The summed E-state index contributed by atoms with van der Waals surface area (Å²) < 4.78 is 5.46. The Hall–Kier alpha value is -2.57. The summed E-state index contributed by atoms with van der Waals surface area (Å²) in [6, 6.07) is 18.9. The Kier molecular flexibility index (Phi) is 8.38. The molecule has 1 aliphatic carbocycles. The first kappa shape index (κ1) is 25.1. The fraction of sp³-hybridized carbons (Fsp3) is 0.269. The predicted molar refractivity (Wildman–Crippen MR) is 133 cm³/mol. The monoisotopic (exact) mass is 487 g/mol. The quantitative estimate of drug-likeness (QED) is 0.420. The lowest BCUT2D eigenvalue weighted by Gasteiger charge is -2.27. The van der Waals surface area contributed by atoms with Gasteiger partial charge in [0.05, 0.1) is 18.8 Å². The van der Waals surface area contributed by atoms with Crippen LogP contribution in [0.4, 0.5) is 0 Å². The summed E-state index contributed by atoms with van der Waals surface area (Å²) in [5.41, 5.74) is 5.45. The van der Waals surface area contributed by atoms with Crippen molar-refractivity contribution >= 4 is 30.0 Å². The van der Waals surface area contributed by atoms with Crippen LogP contribution in [0.3, 0.4) is 0 Å². The molecule has 0 radical (unpaired) electrons. The maximum Gasteiger partial charge on any atom is 0.335 e. The Morgan fingerprint density at radius 1 is 1.15 bits per heavy atom. The fourth-order valence-corrected chi connectivity index (χ4v) is 4.47. The van der Waals surface area contributed by atoms with Crippen LogP contribution in [0.25, 0.3) is 11.1 Å². The lowest BCUT2D eigenvalue weighted by molar-refractivity contribution is 0.0696. The number of benzene rings is 3. The molecule has 0 aliphatic heterocycles. The van der Waals surface area contributed by atoms with Crippen molar-refractivity contribution in [2.45, 2.75) is 31.4 Å². The van der Waals surface area contributed by atoms with Crippen LogP contribution in [0.15, 0.2) is 60.7 Å². The van der Waals surface area contributed by atoms with Crippen LogP contribution in [-0.2, 0) is 12.8 Å². The molecule has 174 valence electrons. The first-order chi connectivity index (χ1) is 15.4. The number of methoxy groups -OCH3 is 1. The summed E-state index contributed by atoms with van der Waals surface area (Å²) in [5, 5.41) is 23.9. The van der Waals surface area contributed by atoms with E-state index in [1.807, 2.05) is 12.1 Å². The summed E-state index contributed by atoms with van der Waals surface area (Å²) in [4.78, 5) is 11.3. The molecule has 0 heterocycles. The number of nitrogens with one attached hydrogen (secondary N) is 1. The van der Waals surface area contributed by atoms with Crippen LogP contribution in [0, 0.1) is 0 Å². The molecule has 0 spiro atoms. The van der Waals surface area contributed by atoms with Crippen molar-refractivity contribution in [1.29, 1.82) is 0 Å². The fourth-order valence-electron chi connectivity index (χ4n) is 4.27. The molecule has 2 atom stereocenters. The number of carboxylic acid groups (broad SMARTS) is 1. The van der Waals surface area contributed by atoms with Gasteiger partial charge in [-0.2, -0.15) is 0 Å². The summed E-state index contributed by atoms with van der Waals surface area (Å²) in [7, 11) is 1.55. The van der Waals surface area contributed by atoms with E-state index in [1.165, 1.54) is 11.1 Å². The summed E-state index contributed by atoms with van der Waals surface area (Å²) in [6.07, 6.45) is 2.22. The van der Waals surface area contributed by atoms with Gasteiger partial charge in [0, 0.05) is 23.2 Å². The number of halogens is 2. The zero-order valence-electron chi connectivity index (χ0n) is 18.3. The van der Waals surface area contributed by atoms with Gasteiger partial charge < -0.3 is 20.3 Å². The van der Waals surface area contributed by atoms with E-state index in [0.717, 1.165) is 36.0 Å². The van der Waals surface area contributed by atoms with Crippen LogP contribution in [0.1, 0.15) is 39.6 Å². The zero-order valence-corrected chi connectivity index (χ0v) is 19.8. The molecule has 0 fully saturated rings. The molecule has 0 unspecified atom stereocenters. The van der Waals surface area contributed by atoms with Gasteiger partial charge in [0.25, 0.3) is 0 Å². The molecule has 7 heteroatoms. The van der Waals surface area contributed by atoms with Crippen LogP contribution < -0.4 is 10.1 Å². The van der Waals surface area contributed by atoms with Gasteiger partial charge in [0.1, 0.15) is 5.75 Å². The Bertz CT molecular complexity index is 1140. The lowest BCUT2D eigenvalue weighted by Crippen LogP contribution is -2.37. The number of aliphatic hydroxyl groups excluding tert-OH is 1. The molecule has 33 heavy (non-hydrogen) atoms. The van der Waals surface area contributed by atoms with Crippen molar-refractivity contribution in [1.82, 2.24) is 5.32 Å². The van der Waals surface area contributed by atoms with Crippen LogP contribution in [0.2, 0.25) is 5.02 Å². The van der Waals surface area contributed by atoms with E-state index >= 15 is 0 Å². The highest BCUT2D eigenvalue weighted by atomic mass is 35.5. The van der Waals surface area contributed by atoms with Crippen molar-refractivity contribution in [3.8, 4) is 16.9 Å². The van der Waals surface area contributed by atoms with Gasteiger partial charge in [0.15, 0.2) is 0 Å². The molecule has 0 aromatic heterocycles. The molecule has 1 aliphatic rings. The number of carbonyl (C=O) groups is 1. The SMILES string of the molecule is COc1cc(C(=O)O)ccc1-c1ccc2c(c1)C[C@@H](NC[C@@H](O)c1cccc(Cl)c1)CC2.Cl. The van der Waals surface area contributed by atoms with Gasteiger partial charge in [0.2, 0.25) is 0 Å². The number of fused-ring (bicyclic) bond motifs is 1. The summed E-state index contributed by atoms with van der Waals surface area (Å²) >= 11 is 6.04. The maximum atomic E-state index is 11.3. The van der Waals surface area contributed by atoms with E-state index in [1.54, 1.807) is 37.4 Å². The van der Waals surface area contributed by atoms with E-state index in [9.17, 15) is 15.0 Å². The standard InChI is InChI=1S/C26H26ClNO4.ClH/c1-32-25-14-19(26(30)31)8-10-23(25)17-6-5-16-7-9-22(13-20(16)11-17)28-15-24(29)18-3-2-4-21(27)12-18;/h2-6,8,10-12,14,22,24,28-29H,7,9,13,15H2,1H3,(H,30,31);1H/t22-,24+;/m0./s1. The highest BCUT2D eigenvalue weighted by molar-refractivity contribution is 6.30. The molecule has 5 nitrogen and oxygen atoms in total. The second-order valence-electron chi connectivity index (χ2n) is 8.12. The van der Waals surface area contributed by atoms with Crippen molar-refractivity contribution in [3.63, 3.8) is 0 Å². The first-order valence-corrected chi connectivity index (χ1v) is 11.0. The van der Waals surface area contributed by atoms with E-state index < -0.39 is 12.1 Å². The van der Waals surface area contributed by atoms with Crippen molar-refractivity contribution in [2.75, 3.05) is 13.7 Å². The number of hydrogen-bond acceptors (Lipinski definition) is 4. The molecule has 4 rings (SSSR count). The summed E-state index contributed by atoms with van der Waals surface area (Å²) in [6.45, 7) is 0.463. The minimum atomic E-state index is -0.978. The van der Waals surface area contributed by atoms with Gasteiger partial charge in [-0.05, 0) is 71.8 Å². The molecule has 0 saturated carbocycles. The van der Waals surface area contributed by atoms with Gasteiger partial charge in [-0.3, -0.25) is 0 Å². The number of hydrogen-bond donors (Lipinski definition) is 3. The minimum Gasteiger partial charge on any atom is -0.496 e. The maximum absolute atomic E-state index is 11.3. The Morgan fingerprint density at radius 3 is 2.70 bits per heavy atom. The van der Waals surface area contributed by atoms with Gasteiger partial charge in [-0.25, -0.2) is 4.79 Å². The van der Waals surface area contributed by atoms with Crippen molar-refractivity contribution < 1.29 is 19.7 Å². The highest BCUT2D eigenvalue weighted by Gasteiger charge is 2.21. The third-order valence-corrected chi connectivity index (χ3v) is 6.26. The van der Waals surface area contributed by atoms with Gasteiger partial charge in [-0.1, -0.05) is 41.9 Å². The molecule has 3 aromatic carbocycles. The van der Waals surface area contributed by atoms with E-state index in [4.69, 9.17) is 16.3 Å². The molecule has 0 bridgehead atoms.